The van der Waals surface area contributed by atoms with Crippen LogP contribution in [0.5, 0.6) is 0 Å². The number of ether oxygens (including phenoxy) is 2. The minimum absolute atomic E-state index is 0.00351. The standard InChI is InChI=1S/C21H26F2N4O3/c1-26-11-16(18(25-26)19(22)23)20(28)27-9-5-17-21(13-27,6-2-10-30-17)14-29-12-15-3-7-24-8-4-15/h3-4,7-8,11,17,19H,2,5-6,9-10,12-14H2,1H3/t17-,21-/m0/s1. The summed E-state index contributed by atoms with van der Waals surface area (Å²) in [5, 5.41) is 3.77. The van der Waals surface area contributed by atoms with Gasteiger partial charge in [-0.25, -0.2) is 8.78 Å². The highest BCUT2D eigenvalue weighted by molar-refractivity contribution is 5.95. The third kappa shape index (κ3) is 4.22. The SMILES string of the molecule is Cn1cc(C(=O)N2CC[C@@H]3OCCC[C@@]3(COCc3ccncc3)C2)c(C(F)F)n1. The zero-order valence-electron chi connectivity index (χ0n) is 17.0. The molecule has 4 heterocycles. The molecular formula is C21H26F2N4O3. The number of nitrogens with zero attached hydrogens (tertiary/aromatic N) is 4. The fraction of sp³-hybridized carbons (Fsp3) is 0.571. The van der Waals surface area contributed by atoms with E-state index in [-0.39, 0.29) is 17.1 Å². The lowest BCUT2D eigenvalue weighted by molar-refractivity contribution is -0.148. The molecule has 0 unspecified atom stereocenters. The number of likely N-dealkylation sites (tertiary alicyclic amines) is 1. The number of pyridine rings is 1. The summed E-state index contributed by atoms with van der Waals surface area (Å²) < 4.78 is 40.0. The zero-order valence-corrected chi connectivity index (χ0v) is 17.0. The lowest BCUT2D eigenvalue weighted by Gasteiger charge is -2.50. The molecule has 30 heavy (non-hydrogen) atoms. The molecule has 2 atom stereocenters. The first-order chi connectivity index (χ1) is 14.5. The van der Waals surface area contributed by atoms with Gasteiger partial charge in [0.1, 0.15) is 5.69 Å². The highest BCUT2D eigenvalue weighted by atomic mass is 19.3. The second-order valence-electron chi connectivity index (χ2n) is 8.09. The van der Waals surface area contributed by atoms with Crippen LogP contribution in [0.3, 0.4) is 0 Å². The zero-order chi connectivity index (χ0) is 21.1. The van der Waals surface area contributed by atoms with E-state index in [4.69, 9.17) is 9.47 Å². The molecule has 2 aliphatic rings. The van der Waals surface area contributed by atoms with Gasteiger partial charge >= 0.3 is 0 Å². The Bertz CT molecular complexity index is 876. The number of carbonyl (C=O) groups is 1. The van der Waals surface area contributed by atoms with Crippen molar-refractivity contribution in [1.82, 2.24) is 19.7 Å². The molecule has 0 saturated carbocycles. The van der Waals surface area contributed by atoms with Crippen molar-refractivity contribution in [1.29, 1.82) is 0 Å². The largest absolute Gasteiger partial charge is 0.377 e. The number of rotatable bonds is 6. The molecule has 2 saturated heterocycles. The van der Waals surface area contributed by atoms with Crippen LogP contribution < -0.4 is 0 Å². The van der Waals surface area contributed by atoms with E-state index >= 15 is 0 Å². The van der Waals surface area contributed by atoms with E-state index in [0.29, 0.717) is 39.3 Å². The second-order valence-corrected chi connectivity index (χ2v) is 8.09. The van der Waals surface area contributed by atoms with Gasteiger partial charge in [0.2, 0.25) is 0 Å². The second kappa shape index (κ2) is 8.77. The molecule has 162 valence electrons. The maximum atomic E-state index is 13.3. The number of hydrogen-bond donors (Lipinski definition) is 0. The Balaban J connectivity index is 1.49. The molecule has 0 aromatic carbocycles. The van der Waals surface area contributed by atoms with Crippen LogP contribution in [0.4, 0.5) is 8.78 Å². The van der Waals surface area contributed by atoms with E-state index in [1.54, 1.807) is 17.3 Å². The Morgan fingerprint density at radius 1 is 1.40 bits per heavy atom. The number of aryl methyl sites for hydroxylation is 1. The van der Waals surface area contributed by atoms with Crippen LogP contribution in [-0.2, 0) is 23.1 Å². The molecule has 0 bridgehead atoms. The van der Waals surface area contributed by atoms with E-state index in [0.717, 1.165) is 18.4 Å². The number of fused-ring (bicyclic) bond motifs is 1. The van der Waals surface area contributed by atoms with E-state index in [1.807, 2.05) is 12.1 Å². The van der Waals surface area contributed by atoms with Crippen LogP contribution in [-0.4, -0.2) is 58.0 Å². The minimum Gasteiger partial charge on any atom is -0.377 e. The minimum atomic E-state index is -2.79. The third-order valence-electron chi connectivity index (χ3n) is 5.98. The molecule has 0 radical (unpaired) electrons. The summed E-state index contributed by atoms with van der Waals surface area (Å²) >= 11 is 0. The Labute approximate surface area is 174 Å². The van der Waals surface area contributed by atoms with E-state index in [2.05, 4.69) is 10.1 Å². The summed E-state index contributed by atoms with van der Waals surface area (Å²) in [6.45, 7) is 2.47. The average molecular weight is 420 g/mol. The number of hydrogen-bond acceptors (Lipinski definition) is 5. The molecule has 0 spiro atoms. The number of piperidine rings is 1. The molecule has 2 aliphatic heterocycles. The quantitative estimate of drug-likeness (QED) is 0.719. The maximum absolute atomic E-state index is 13.3. The van der Waals surface area contributed by atoms with Crippen molar-refractivity contribution in [3.8, 4) is 0 Å². The average Bonchev–Trinajstić information content (AvgIpc) is 3.15. The fourth-order valence-corrected chi connectivity index (χ4v) is 4.53. The fourth-order valence-electron chi connectivity index (χ4n) is 4.53. The highest BCUT2D eigenvalue weighted by Crippen LogP contribution is 2.41. The van der Waals surface area contributed by atoms with Gasteiger partial charge < -0.3 is 14.4 Å². The molecule has 1 amide bonds. The number of amides is 1. The monoisotopic (exact) mass is 420 g/mol. The van der Waals surface area contributed by atoms with Crippen LogP contribution >= 0.6 is 0 Å². The molecule has 9 heteroatoms. The lowest BCUT2D eigenvalue weighted by atomic mass is 9.73. The van der Waals surface area contributed by atoms with Crippen LogP contribution in [0.15, 0.2) is 30.7 Å². The Hall–Kier alpha value is -2.39. The van der Waals surface area contributed by atoms with E-state index in [9.17, 15) is 13.6 Å². The van der Waals surface area contributed by atoms with Crippen molar-refractivity contribution in [2.45, 2.75) is 38.4 Å². The normalized spacial score (nSPS) is 24.1. The molecule has 0 aliphatic carbocycles. The van der Waals surface area contributed by atoms with Crippen LogP contribution in [0.1, 0.15) is 47.3 Å². The lowest BCUT2D eigenvalue weighted by Crippen LogP contribution is -2.58. The summed E-state index contributed by atoms with van der Waals surface area (Å²) in [7, 11) is 1.54. The summed E-state index contributed by atoms with van der Waals surface area (Å²) in [4.78, 5) is 18.8. The van der Waals surface area contributed by atoms with Gasteiger partial charge in [0, 0.05) is 50.7 Å². The van der Waals surface area contributed by atoms with E-state index in [1.165, 1.54) is 17.9 Å². The first-order valence-electron chi connectivity index (χ1n) is 10.2. The van der Waals surface area contributed by atoms with Gasteiger partial charge in [-0.3, -0.25) is 14.5 Å². The van der Waals surface area contributed by atoms with Crippen molar-refractivity contribution in [2.24, 2.45) is 12.5 Å². The molecule has 2 aromatic heterocycles. The predicted octanol–water partition coefficient (Wildman–Crippen LogP) is 2.98. The first-order valence-corrected chi connectivity index (χ1v) is 10.2. The van der Waals surface area contributed by atoms with Gasteiger partial charge in [-0.2, -0.15) is 5.10 Å². The summed E-state index contributed by atoms with van der Waals surface area (Å²) in [6, 6.07) is 3.80. The number of carbonyl (C=O) groups excluding carboxylic acids is 1. The smallest absolute Gasteiger partial charge is 0.282 e. The van der Waals surface area contributed by atoms with Crippen molar-refractivity contribution in [3.05, 3.63) is 47.5 Å². The van der Waals surface area contributed by atoms with Crippen molar-refractivity contribution < 1.29 is 23.0 Å². The molecule has 0 N–H and O–H groups in total. The first kappa shape index (κ1) is 20.9. The Morgan fingerprint density at radius 2 is 2.20 bits per heavy atom. The van der Waals surface area contributed by atoms with Gasteiger partial charge in [0.05, 0.1) is 24.9 Å². The number of aromatic nitrogens is 3. The molecule has 4 rings (SSSR count). The molecule has 7 nitrogen and oxygen atoms in total. The molecule has 2 aromatic rings. The van der Waals surface area contributed by atoms with Crippen LogP contribution in [0.2, 0.25) is 0 Å². The van der Waals surface area contributed by atoms with Gasteiger partial charge in [-0.15, -0.1) is 0 Å². The van der Waals surface area contributed by atoms with E-state index < -0.39 is 18.0 Å². The summed E-state index contributed by atoms with van der Waals surface area (Å²) in [5.74, 6) is -0.407. The molecular weight excluding hydrogens is 394 g/mol. The van der Waals surface area contributed by atoms with Crippen LogP contribution in [0.25, 0.3) is 0 Å². The van der Waals surface area contributed by atoms with Crippen molar-refractivity contribution in [3.63, 3.8) is 0 Å². The van der Waals surface area contributed by atoms with Crippen molar-refractivity contribution >= 4 is 5.91 Å². The topological polar surface area (TPSA) is 69.5 Å². The molecule has 2 fully saturated rings. The summed E-state index contributed by atoms with van der Waals surface area (Å²) in [5.41, 5.74) is 0.185. The van der Waals surface area contributed by atoms with Crippen LogP contribution in [0, 0.1) is 5.41 Å². The number of alkyl halides is 2. The Kier molecular flexibility index (Phi) is 6.10. The number of halogens is 2. The summed E-state index contributed by atoms with van der Waals surface area (Å²) in [6.07, 6.45) is 4.43. The Morgan fingerprint density at radius 3 is 2.97 bits per heavy atom. The highest BCUT2D eigenvalue weighted by Gasteiger charge is 2.47. The van der Waals surface area contributed by atoms with Gasteiger partial charge in [-0.1, -0.05) is 0 Å². The predicted molar refractivity (Wildman–Crippen MR) is 104 cm³/mol. The maximum Gasteiger partial charge on any atom is 0.282 e. The van der Waals surface area contributed by atoms with Crippen molar-refractivity contribution in [2.75, 3.05) is 26.3 Å². The van der Waals surface area contributed by atoms with Gasteiger partial charge in [0.15, 0.2) is 0 Å². The van der Waals surface area contributed by atoms with Gasteiger partial charge in [0.25, 0.3) is 12.3 Å². The third-order valence-corrected chi connectivity index (χ3v) is 5.98. The van der Waals surface area contributed by atoms with Gasteiger partial charge in [-0.05, 0) is 37.0 Å².